The van der Waals surface area contributed by atoms with E-state index in [1.807, 2.05) is 0 Å². The van der Waals surface area contributed by atoms with Gasteiger partial charge in [-0.25, -0.2) is 0 Å². The Morgan fingerprint density at radius 3 is 0.968 bits per heavy atom. The van der Waals surface area contributed by atoms with E-state index in [0.29, 0.717) is 19.3 Å². The first-order valence-corrected chi connectivity index (χ1v) is 26.8. The van der Waals surface area contributed by atoms with Crippen LogP contribution in [0.1, 0.15) is 265 Å². The van der Waals surface area contributed by atoms with Crippen molar-refractivity contribution in [2.45, 2.75) is 271 Å². The Balaban J connectivity index is 4.42. The zero-order chi connectivity index (χ0) is 45.8. The van der Waals surface area contributed by atoms with Crippen LogP contribution in [0.5, 0.6) is 0 Å². The topological polar surface area (TPSA) is 78.9 Å². The SMILES string of the molecule is CC/C=C\C/C=C\C/C=C\C/C=C\C/C=C\CCCCCC(=O)OC(COC(=O)CCCCCCCCCCCCCCC)COC(=O)CCCCCCCCCCCCCCC. The van der Waals surface area contributed by atoms with Crippen LogP contribution < -0.4 is 0 Å². The van der Waals surface area contributed by atoms with Crippen molar-refractivity contribution in [2.75, 3.05) is 13.2 Å². The summed E-state index contributed by atoms with van der Waals surface area (Å²) in [6, 6.07) is 0. The molecule has 0 aliphatic heterocycles. The first-order valence-electron chi connectivity index (χ1n) is 26.8. The lowest BCUT2D eigenvalue weighted by molar-refractivity contribution is -0.167. The molecule has 0 bridgehead atoms. The molecule has 0 rings (SSSR count). The summed E-state index contributed by atoms with van der Waals surface area (Å²) >= 11 is 0. The van der Waals surface area contributed by atoms with Gasteiger partial charge < -0.3 is 14.2 Å². The van der Waals surface area contributed by atoms with Gasteiger partial charge in [-0.15, -0.1) is 0 Å². The first-order chi connectivity index (χ1) is 31.0. The monoisotopic (exact) mass is 881 g/mol. The third kappa shape index (κ3) is 50.0. The van der Waals surface area contributed by atoms with E-state index in [4.69, 9.17) is 14.2 Å². The fourth-order valence-corrected chi connectivity index (χ4v) is 7.53. The number of esters is 3. The molecule has 6 heteroatoms. The Hall–Kier alpha value is -2.89. The zero-order valence-electron chi connectivity index (χ0n) is 41.6. The summed E-state index contributed by atoms with van der Waals surface area (Å²) in [5.41, 5.74) is 0. The summed E-state index contributed by atoms with van der Waals surface area (Å²) in [5.74, 6) is -0.908. The van der Waals surface area contributed by atoms with Gasteiger partial charge in [-0.2, -0.15) is 0 Å². The lowest BCUT2D eigenvalue weighted by Gasteiger charge is -2.18. The van der Waals surface area contributed by atoms with Crippen LogP contribution in [0.4, 0.5) is 0 Å². The lowest BCUT2D eigenvalue weighted by Crippen LogP contribution is -2.30. The molecule has 0 atom stereocenters. The van der Waals surface area contributed by atoms with Gasteiger partial charge in [0.1, 0.15) is 13.2 Å². The molecule has 0 spiro atoms. The minimum Gasteiger partial charge on any atom is -0.462 e. The van der Waals surface area contributed by atoms with E-state index in [-0.39, 0.29) is 31.1 Å². The van der Waals surface area contributed by atoms with Crippen molar-refractivity contribution in [3.8, 4) is 0 Å². The second-order valence-corrected chi connectivity index (χ2v) is 17.8. The smallest absolute Gasteiger partial charge is 0.306 e. The van der Waals surface area contributed by atoms with E-state index in [2.05, 4.69) is 81.5 Å². The molecule has 0 aliphatic carbocycles. The molecule has 0 radical (unpaired) electrons. The highest BCUT2D eigenvalue weighted by Gasteiger charge is 2.19. The molecular formula is C57H100O6. The maximum absolute atomic E-state index is 12.8. The van der Waals surface area contributed by atoms with Gasteiger partial charge in [0.25, 0.3) is 0 Å². The average Bonchev–Trinajstić information content (AvgIpc) is 3.28. The quantitative estimate of drug-likeness (QED) is 0.0262. The van der Waals surface area contributed by atoms with Crippen LogP contribution in [0.3, 0.4) is 0 Å². The van der Waals surface area contributed by atoms with Crippen molar-refractivity contribution in [3.63, 3.8) is 0 Å². The fraction of sp³-hybridized carbons (Fsp3) is 0.772. The molecule has 0 saturated heterocycles. The van der Waals surface area contributed by atoms with Crippen LogP contribution in [0.2, 0.25) is 0 Å². The molecule has 0 fully saturated rings. The van der Waals surface area contributed by atoms with Crippen molar-refractivity contribution < 1.29 is 28.6 Å². The summed E-state index contributed by atoms with van der Waals surface area (Å²) in [7, 11) is 0. The van der Waals surface area contributed by atoms with Gasteiger partial charge >= 0.3 is 17.9 Å². The highest BCUT2D eigenvalue weighted by Crippen LogP contribution is 2.16. The minimum atomic E-state index is -0.787. The van der Waals surface area contributed by atoms with E-state index < -0.39 is 6.10 Å². The van der Waals surface area contributed by atoms with Gasteiger partial charge in [-0.1, -0.05) is 242 Å². The second kappa shape index (κ2) is 51.7. The van der Waals surface area contributed by atoms with Crippen LogP contribution in [-0.4, -0.2) is 37.2 Å². The third-order valence-corrected chi connectivity index (χ3v) is 11.5. The lowest BCUT2D eigenvalue weighted by atomic mass is 10.0. The molecule has 0 unspecified atom stereocenters. The fourth-order valence-electron chi connectivity index (χ4n) is 7.53. The van der Waals surface area contributed by atoms with E-state index in [1.165, 1.54) is 128 Å². The van der Waals surface area contributed by atoms with Crippen LogP contribution in [0.25, 0.3) is 0 Å². The van der Waals surface area contributed by atoms with Crippen LogP contribution in [0, 0.1) is 0 Å². The van der Waals surface area contributed by atoms with E-state index in [9.17, 15) is 14.4 Å². The van der Waals surface area contributed by atoms with Gasteiger partial charge in [0.05, 0.1) is 0 Å². The number of carbonyl (C=O) groups is 3. The number of ether oxygens (including phenoxy) is 3. The molecule has 0 aliphatic rings. The molecule has 6 nitrogen and oxygen atoms in total. The minimum absolute atomic E-state index is 0.0842. The van der Waals surface area contributed by atoms with Crippen LogP contribution >= 0.6 is 0 Å². The predicted octanol–water partition coefficient (Wildman–Crippen LogP) is 17.6. The maximum atomic E-state index is 12.8. The molecule has 0 aromatic heterocycles. The number of carbonyl (C=O) groups excluding carboxylic acids is 3. The molecule has 0 aromatic rings. The maximum Gasteiger partial charge on any atom is 0.306 e. The Labute approximate surface area is 390 Å². The first kappa shape index (κ1) is 60.1. The molecule has 364 valence electrons. The number of hydrogen-bond donors (Lipinski definition) is 0. The third-order valence-electron chi connectivity index (χ3n) is 11.5. The van der Waals surface area contributed by atoms with E-state index in [1.54, 1.807) is 0 Å². The second-order valence-electron chi connectivity index (χ2n) is 17.8. The largest absolute Gasteiger partial charge is 0.462 e. The van der Waals surface area contributed by atoms with Crippen molar-refractivity contribution >= 4 is 17.9 Å². The Bertz CT molecular complexity index is 1100. The van der Waals surface area contributed by atoms with Gasteiger partial charge in [0.15, 0.2) is 6.10 Å². The van der Waals surface area contributed by atoms with Crippen LogP contribution in [0.15, 0.2) is 60.8 Å². The summed E-state index contributed by atoms with van der Waals surface area (Å²) in [6.45, 7) is 6.51. The Morgan fingerprint density at radius 1 is 0.333 bits per heavy atom. The Kier molecular flexibility index (Phi) is 49.4. The van der Waals surface area contributed by atoms with Gasteiger partial charge in [0, 0.05) is 19.3 Å². The zero-order valence-corrected chi connectivity index (χ0v) is 41.6. The van der Waals surface area contributed by atoms with Gasteiger partial charge in [-0.3, -0.25) is 14.4 Å². The standard InChI is InChI=1S/C57H100O6/c1-4-7-10-13-16-19-22-25-26-27-28-29-30-33-36-39-42-45-48-51-57(60)63-54(52-61-55(58)49-46-43-40-37-34-31-23-20-17-14-11-8-5-2)53-62-56(59)50-47-44-41-38-35-32-24-21-18-15-12-9-6-3/h7,10,16,19,25-26,28-29,33,36,54H,4-6,8-9,11-15,17-18,20-24,27,30-32,34-35,37-53H2,1-3H3/b10-7-,19-16-,26-25-,29-28-,36-33-. The molecule has 0 amide bonds. The average molecular weight is 881 g/mol. The Morgan fingerprint density at radius 2 is 0.619 bits per heavy atom. The summed E-state index contributed by atoms with van der Waals surface area (Å²) in [6.07, 6.45) is 63.4. The number of hydrogen-bond acceptors (Lipinski definition) is 6. The van der Waals surface area contributed by atoms with E-state index >= 15 is 0 Å². The van der Waals surface area contributed by atoms with Crippen molar-refractivity contribution in [2.24, 2.45) is 0 Å². The molecule has 0 N–H and O–H groups in total. The molecule has 0 saturated carbocycles. The van der Waals surface area contributed by atoms with Crippen LogP contribution in [-0.2, 0) is 28.6 Å². The molecule has 63 heavy (non-hydrogen) atoms. The molecule has 0 aromatic carbocycles. The van der Waals surface area contributed by atoms with Crippen molar-refractivity contribution in [1.82, 2.24) is 0 Å². The number of allylic oxidation sites excluding steroid dienone is 10. The molecular weight excluding hydrogens is 781 g/mol. The van der Waals surface area contributed by atoms with E-state index in [0.717, 1.165) is 96.3 Å². The van der Waals surface area contributed by atoms with Crippen molar-refractivity contribution in [1.29, 1.82) is 0 Å². The molecule has 0 heterocycles. The highest BCUT2D eigenvalue weighted by atomic mass is 16.6. The number of rotatable bonds is 48. The summed E-state index contributed by atoms with van der Waals surface area (Å²) in [4.78, 5) is 38.0. The van der Waals surface area contributed by atoms with Crippen molar-refractivity contribution in [3.05, 3.63) is 60.8 Å². The normalized spacial score (nSPS) is 12.1. The van der Waals surface area contributed by atoms with Gasteiger partial charge in [0.2, 0.25) is 0 Å². The summed E-state index contributed by atoms with van der Waals surface area (Å²) < 4.78 is 16.8. The highest BCUT2D eigenvalue weighted by molar-refractivity contribution is 5.71. The van der Waals surface area contributed by atoms with Gasteiger partial charge in [-0.05, 0) is 64.2 Å². The summed E-state index contributed by atoms with van der Waals surface area (Å²) in [5, 5.41) is 0. The predicted molar refractivity (Wildman–Crippen MR) is 270 cm³/mol. The number of unbranched alkanes of at least 4 members (excludes halogenated alkanes) is 27.